The molecule has 0 aliphatic rings. The number of hydrogen-bond donors (Lipinski definition) is 2. The summed E-state index contributed by atoms with van der Waals surface area (Å²) < 4.78 is 37.3. The van der Waals surface area contributed by atoms with E-state index < -0.39 is 11.7 Å². The Labute approximate surface area is 114 Å². The Hall–Kier alpha value is -2.17. The predicted molar refractivity (Wildman–Crippen MR) is 71.6 cm³/mol. The third kappa shape index (κ3) is 3.23. The lowest BCUT2D eigenvalue weighted by Gasteiger charge is -2.17. The topological polar surface area (TPSA) is 32.3 Å². The average Bonchev–Trinajstić information content (AvgIpc) is 2.38. The van der Waals surface area contributed by atoms with Crippen LogP contribution in [0.15, 0.2) is 48.5 Å². The van der Waals surface area contributed by atoms with Crippen molar-refractivity contribution in [2.45, 2.75) is 19.1 Å². The van der Waals surface area contributed by atoms with Gasteiger partial charge < -0.3 is 10.4 Å². The lowest BCUT2D eigenvalue weighted by atomic mass is 10.1. The van der Waals surface area contributed by atoms with Gasteiger partial charge in [-0.05, 0) is 37.3 Å². The Balaban J connectivity index is 2.13. The van der Waals surface area contributed by atoms with Crippen LogP contribution in [0.4, 0.5) is 18.9 Å². The van der Waals surface area contributed by atoms with Crippen LogP contribution in [0, 0.1) is 0 Å². The lowest BCUT2D eigenvalue weighted by Crippen LogP contribution is -2.08. The Kier molecular flexibility index (Phi) is 3.88. The number of para-hydroxylation sites is 1. The maximum atomic E-state index is 12.4. The molecular weight excluding hydrogens is 267 g/mol. The smallest absolute Gasteiger partial charge is 0.416 e. The van der Waals surface area contributed by atoms with Gasteiger partial charge in [-0.2, -0.15) is 13.2 Å². The van der Waals surface area contributed by atoms with Crippen LogP contribution in [0.3, 0.4) is 0 Å². The van der Waals surface area contributed by atoms with Crippen LogP contribution in [0.5, 0.6) is 5.75 Å². The zero-order valence-electron chi connectivity index (χ0n) is 10.8. The molecule has 0 spiro atoms. The van der Waals surface area contributed by atoms with Crippen LogP contribution < -0.4 is 5.32 Å². The van der Waals surface area contributed by atoms with Gasteiger partial charge in [0.05, 0.1) is 11.6 Å². The van der Waals surface area contributed by atoms with Crippen molar-refractivity contribution in [1.29, 1.82) is 0 Å². The Morgan fingerprint density at radius 1 is 1.00 bits per heavy atom. The molecule has 0 aliphatic heterocycles. The van der Waals surface area contributed by atoms with E-state index in [1.54, 1.807) is 24.3 Å². The number of phenolic OH excluding ortho intramolecular Hbond substituents is 1. The maximum absolute atomic E-state index is 12.4. The lowest BCUT2D eigenvalue weighted by molar-refractivity contribution is -0.137. The summed E-state index contributed by atoms with van der Waals surface area (Å²) in [5.74, 6) is 0.152. The molecule has 2 aromatic rings. The minimum absolute atomic E-state index is 0.152. The quantitative estimate of drug-likeness (QED) is 0.862. The second kappa shape index (κ2) is 5.45. The second-order valence-corrected chi connectivity index (χ2v) is 4.50. The highest BCUT2D eigenvalue weighted by Crippen LogP contribution is 2.31. The van der Waals surface area contributed by atoms with Gasteiger partial charge in [0.2, 0.25) is 0 Å². The Morgan fingerprint density at radius 2 is 1.60 bits per heavy atom. The van der Waals surface area contributed by atoms with Gasteiger partial charge >= 0.3 is 6.18 Å². The summed E-state index contributed by atoms with van der Waals surface area (Å²) in [5, 5.41) is 12.8. The molecular formula is C15H14F3NO. The highest BCUT2D eigenvalue weighted by atomic mass is 19.4. The number of phenols is 1. The maximum Gasteiger partial charge on any atom is 0.416 e. The summed E-state index contributed by atoms with van der Waals surface area (Å²) in [5.41, 5.74) is 0.569. The first kappa shape index (κ1) is 14.2. The zero-order valence-corrected chi connectivity index (χ0v) is 10.8. The summed E-state index contributed by atoms with van der Waals surface area (Å²) in [7, 11) is 0. The largest absolute Gasteiger partial charge is 0.508 e. The van der Waals surface area contributed by atoms with Crippen LogP contribution in [0.2, 0.25) is 0 Å². The molecule has 20 heavy (non-hydrogen) atoms. The van der Waals surface area contributed by atoms with Gasteiger partial charge in [0.15, 0.2) is 0 Å². The molecule has 0 aromatic heterocycles. The van der Waals surface area contributed by atoms with E-state index in [4.69, 9.17) is 0 Å². The van der Waals surface area contributed by atoms with Gasteiger partial charge in [0.25, 0.3) is 0 Å². The van der Waals surface area contributed by atoms with E-state index in [1.807, 2.05) is 6.92 Å². The van der Waals surface area contributed by atoms with Gasteiger partial charge in [-0.3, -0.25) is 0 Å². The molecule has 0 saturated carbocycles. The van der Waals surface area contributed by atoms with Crippen LogP contribution in [-0.4, -0.2) is 5.11 Å². The van der Waals surface area contributed by atoms with Crippen molar-refractivity contribution in [1.82, 2.24) is 0 Å². The van der Waals surface area contributed by atoms with E-state index in [0.29, 0.717) is 11.3 Å². The fourth-order valence-electron chi connectivity index (χ4n) is 1.94. The minimum Gasteiger partial charge on any atom is -0.508 e. The number of alkyl halides is 3. The van der Waals surface area contributed by atoms with Gasteiger partial charge in [-0.25, -0.2) is 0 Å². The fraction of sp³-hybridized carbons (Fsp3) is 0.200. The first-order valence-corrected chi connectivity index (χ1v) is 6.09. The van der Waals surface area contributed by atoms with Crippen LogP contribution in [-0.2, 0) is 6.18 Å². The summed E-state index contributed by atoms with van der Waals surface area (Å²) in [6.07, 6.45) is -4.33. The number of benzene rings is 2. The molecule has 2 nitrogen and oxygen atoms in total. The first-order chi connectivity index (χ1) is 9.38. The number of rotatable bonds is 3. The molecule has 2 aromatic carbocycles. The molecule has 2 N–H and O–H groups in total. The molecule has 0 saturated heterocycles. The van der Waals surface area contributed by atoms with Crippen LogP contribution in [0.25, 0.3) is 0 Å². The van der Waals surface area contributed by atoms with E-state index in [0.717, 1.165) is 12.1 Å². The van der Waals surface area contributed by atoms with Gasteiger partial charge in [0.1, 0.15) is 5.75 Å². The minimum atomic E-state index is -4.33. The third-order valence-electron chi connectivity index (χ3n) is 3.00. The van der Waals surface area contributed by atoms with Crippen molar-refractivity contribution in [2.75, 3.05) is 5.32 Å². The average molecular weight is 281 g/mol. The third-order valence-corrected chi connectivity index (χ3v) is 3.00. The standard InChI is InChI=1S/C15H14F3NO/c1-10(13-4-2-3-5-14(13)20)19-12-8-6-11(7-9-12)15(16,17)18/h2-10,19-20H,1H3. The molecule has 0 bridgehead atoms. The van der Waals surface area contributed by atoms with E-state index >= 15 is 0 Å². The van der Waals surface area contributed by atoms with Crippen molar-refractivity contribution >= 4 is 5.69 Å². The summed E-state index contributed by atoms with van der Waals surface area (Å²) >= 11 is 0. The number of hydrogen-bond acceptors (Lipinski definition) is 2. The summed E-state index contributed by atoms with van der Waals surface area (Å²) in [6, 6.07) is 11.4. The Bertz CT molecular complexity index is 578. The molecule has 0 fully saturated rings. The monoisotopic (exact) mass is 281 g/mol. The van der Waals surface area contributed by atoms with Crippen molar-refractivity contribution in [3.8, 4) is 5.75 Å². The number of halogens is 3. The molecule has 0 heterocycles. The van der Waals surface area contributed by atoms with Gasteiger partial charge in [0, 0.05) is 11.3 Å². The number of nitrogens with one attached hydrogen (secondary N) is 1. The number of anilines is 1. The summed E-state index contributed by atoms with van der Waals surface area (Å²) in [4.78, 5) is 0. The van der Waals surface area contributed by atoms with Crippen LogP contribution >= 0.6 is 0 Å². The summed E-state index contributed by atoms with van der Waals surface area (Å²) in [6.45, 7) is 1.83. The molecule has 1 atom stereocenters. The highest BCUT2D eigenvalue weighted by Gasteiger charge is 2.29. The second-order valence-electron chi connectivity index (χ2n) is 4.50. The molecule has 2 rings (SSSR count). The SMILES string of the molecule is CC(Nc1ccc(C(F)(F)F)cc1)c1ccccc1O. The molecule has 0 aliphatic carbocycles. The predicted octanol–water partition coefficient (Wildman–Crippen LogP) is 4.58. The first-order valence-electron chi connectivity index (χ1n) is 6.09. The molecule has 5 heteroatoms. The van der Waals surface area contributed by atoms with Crippen molar-refractivity contribution in [2.24, 2.45) is 0 Å². The Morgan fingerprint density at radius 3 is 2.15 bits per heavy atom. The molecule has 106 valence electrons. The van der Waals surface area contributed by atoms with Crippen molar-refractivity contribution in [3.63, 3.8) is 0 Å². The van der Waals surface area contributed by atoms with E-state index in [1.165, 1.54) is 12.1 Å². The van der Waals surface area contributed by atoms with E-state index in [2.05, 4.69) is 5.32 Å². The van der Waals surface area contributed by atoms with E-state index in [-0.39, 0.29) is 11.8 Å². The molecule has 0 radical (unpaired) electrons. The number of aromatic hydroxyl groups is 1. The normalized spacial score (nSPS) is 13.0. The molecule has 0 amide bonds. The zero-order chi connectivity index (χ0) is 14.8. The van der Waals surface area contributed by atoms with Gasteiger partial charge in [-0.1, -0.05) is 18.2 Å². The fourth-order valence-corrected chi connectivity index (χ4v) is 1.94. The van der Waals surface area contributed by atoms with Crippen LogP contribution in [0.1, 0.15) is 24.1 Å². The van der Waals surface area contributed by atoms with E-state index in [9.17, 15) is 18.3 Å². The molecule has 1 unspecified atom stereocenters. The van der Waals surface area contributed by atoms with Gasteiger partial charge in [-0.15, -0.1) is 0 Å². The highest BCUT2D eigenvalue weighted by molar-refractivity contribution is 5.48. The van der Waals surface area contributed by atoms with Crippen molar-refractivity contribution < 1.29 is 18.3 Å². The van der Waals surface area contributed by atoms with Crippen molar-refractivity contribution in [3.05, 3.63) is 59.7 Å².